The molecule has 0 radical (unpaired) electrons. The van der Waals surface area contributed by atoms with Crippen LogP contribution in [-0.4, -0.2) is 10.8 Å². The molecule has 90 valence electrons. The molecule has 1 aromatic carbocycles. The lowest BCUT2D eigenvalue weighted by molar-refractivity contribution is 0.104. The van der Waals surface area contributed by atoms with Crippen LogP contribution in [0.5, 0.6) is 0 Å². The van der Waals surface area contributed by atoms with Gasteiger partial charge in [-0.3, -0.25) is 9.78 Å². The van der Waals surface area contributed by atoms with Gasteiger partial charge in [0.15, 0.2) is 0 Å². The topological polar surface area (TPSA) is 30.0 Å². The first-order valence-corrected chi connectivity index (χ1v) is 6.01. The zero-order valence-corrected chi connectivity index (χ0v) is 10.8. The summed E-state index contributed by atoms with van der Waals surface area (Å²) in [5.41, 5.74) is 1.10. The van der Waals surface area contributed by atoms with Crippen LogP contribution in [0.2, 0.25) is 10.0 Å². The molecule has 0 spiro atoms. The van der Waals surface area contributed by atoms with E-state index in [1.165, 1.54) is 6.08 Å². The summed E-state index contributed by atoms with van der Waals surface area (Å²) in [7, 11) is 0. The maximum absolute atomic E-state index is 11.8. The van der Waals surface area contributed by atoms with Crippen molar-refractivity contribution in [3.8, 4) is 0 Å². The van der Waals surface area contributed by atoms with E-state index in [0.717, 1.165) is 0 Å². The van der Waals surface area contributed by atoms with E-state index in [4.69, 9.17) is 23.2 Å². The number of benzene rings is 1. The molecule has 0 fully saturated rings. The van der Waals surface area contributed by atoms with Crippen LogP contribution in [0.4, 0.5) is 0 Å². The van der Waals surface area contributed by atoms with E-state index < -0.39 is 0 Å². The molecule has 0 bridgehead atoms. The van der Waals surface area contributed by atoms with Gasteiger partial charge in [0, 0.05) is 6.20 Å². The summed E-state index contributed by atoms with van der Waals surface area (Å²) in [4.78, 5) is 15.8. The molecule has 2 nitrogen and oxygen atoms in total. The lowest BCUT2D eigenvalue weighted by Gasteiger charge is -1.99. The lowest BCUT2D eigenvalue weighted by atomic mass is 10.1. The highest BCUT2D eigenvalue weighted by Gasteiger charge is 2.04. The number of rotatable bonds is 3. The van der Waals surface area contributed by atoms with E-state index >= 15 is 0 Å². The van der Waals surface area contributed by atoms with E-state index in [2.05, 4.69) is 4.98 Å². The number of pyridine rings is 1. The molecule has 0 atom stereocenters. The zero-order valence-electron chi connectivity index (χ0n) is 9.31. The van der Waals surface area contributed by atoms with Gasteiger partial charge in [-0.2, -0.15) is 0 Å². The van der Waals surface area contributed by atoms with Crippen molar-refractivity contribution in [3.63, 3.8) is 0 Å². The third-order valence-corrected chi connectivity index (χ3v) is 3.15. The van der Waals surface area contributed by atoms with E-state index in [9.17, 15) is 4.79 Å². The number of ketones is 1. The molecule has 18 heavy (non-hydrogen) atoms. The molecule has 0 saturated carbocycles. The smallest absolute Gasteiger partial charge is 0.204 e. The Morgan fingerprint density at radius 1 is 1.11 bits per heavy atom. The summed E-state index contributed by atoms with van der Waals surface area (Å²) in [6.45, 7) is 0. The highest BCUT2D eigenvalue weighted by Crippen LogP contribution is 2.26. The first-order chi connectivity index (χ1) is 8.68. The van der Waals surface area contributed by atoms with E-state index in [1.807, 2.05) is 0 Å². The van der Waals surface area contributed by atoms with Crippen molar-refractivity contribution in [2.45, 2.75) is 0 Å². The highest BCUT2D eigenvalue weighted by molar-refractivity contribution is 6.42. The lowest BCUT2D eigenvalue weighted by Crippen LogP contribution is -1.96. The van der Waals surface area contributed by atoms with Crippen LogP contribution in [-0.2, 0) is 0 Å². The Morgan fingerprint density at radius 2 is 1.94 bits per heavy atom. The predicted molar refractivity (Wildman–Crippen MR) is 74.1 cm³/mol. The van der Waals surface area contributed by atoms with Crippen molar-refractivity contribution >= 4 is 35.1 Å². The fourth-order valence-electron chi connectivity index (χ4n) is 1.41. The summed E-state index contributed by atoms with van der Waals surface area (Å²) in [6.07, 6.45) is 4.64. The molecule has 0 saturated heterocycles. The Balaban J connectivity index is 2.22. The molecule has 0 N–H and O–H groups in total. The molecule has 0 aliphatic rings. The average molecular weight is 278 g/mol. The van der Waals surface area contributed by atoms with Gasteiger partial charge in [0.1, 0.15) is 5.69 Å². The number of halogens is 2. The molecule has 4 heteroatoms. The van der Waals surface area contributed by atoms with Crippen molar-refractivity contribution in [2.24, 2.45) is 0 Å². The first-order valence-electron chi connectivity index (χ1n) is 5.26. The first kappa shape index (κ1) is 12.8. The van der Waals surface area contributed by atoms with Crippen LogP contribution in [0.3, 0.4) is 0 Å². The zero-order chi connectivity index (χ0) is 13.0. The summed E-state index contributed by atoms with van der Waals surface area (Å²) in [6, 6.07) is 10.4. The molecule has 1 heterocycles. The number of hydrogen-bond donors (Lipinski definition) is 0. The number of nitrogens with zero attached hydrogens (tertiary/aromatic N) is 1. The molecule has 0 unspecified atom stereocenters. The Labute approximate surface area is 115 Å². The van der Waals surface area contributed by atoms with Gasteiger partial charge in [-0.05, 0) is 35.9 Å². The normalized spacial score (nSPS) is 10.8. The predicted octanol–water partition coefficient (Wildman–Crippen LogP) is 4.28. The largest absolute Gasteiger partial charge is 0.288 e. The molecule has 2 aromatic rings. The second kappa shape index (κ2) is 5.80. The van der Waals surface area contributed by atoms with Crippen LogP contribution in [0.15, 0.2) is 48.7 Å². The molecule has 2 rings (SSSR count). The monoisotopic (exact) mass is 277 g/mol. The van der Waals surface area contributed by atoms with Gasteiger partial charge in [0.05, 0.1) is 10.0 Å². The summed E-state index contributed by atoms with van der Waals surface area (Å²) in [5.74, 6) is -0.174. The van der Waals surface area contributed by atoms with Crippen molar-refractivity contribution in [1.29, 1.82) is 0 Å². The van der Waals surface area contributed by atoms with Crippen LogP contribution >= 0.6 is 23.2 Å². The molecule has 0 aliphatic carbocycles. The maximum Gasteiger partial charge on any atom is 0.204 e. The second-order valence-corrected chi connectivity index (χ2v) is 4.34. The molecular formula is C14H9Cl2NO. The fourth-order valence-corrected chi connectivity index (χ4v) is 1.78. The Bertz CT molecular complexity index is 594. The number of carbonyl (C=O) groups is 1. The van der Waals surface area contributed by atoms with E-state index in [0.29, 0.717) is 21.3 Å². The standard InChI is InChI=1S/C14H9Cl2NO/c15-11-5-3-4-10(14(11)16)7-8-13(18)12-6-1-2-9-17-12/h1-9H/b8-7+. The molecule has 1 aromatic heterocycles. The van der Waals surface area contributed by atoms with E-state index in [1.54, 1.807) is 48.7 Å². The van der Waals surface area contributed by atoms with Crippen LogP contribution in [0, 0.1) is 0 Å². The maximum atomic E-state index is 11.8. The van der Waals surface area contributed by atoms with Gasteiger partial charge in [-0.1, -0.05) is 41.4 Å². The van der Waals surface area contributed by atoms with Crippen molar-refractivity contribution in [3.05, 3.63) is 70.0 Å². The minimum atomic E-state index is -0.174. The number of aromatic nitrogens is 1. The van der Waals surface area contributed by atoms with Gasteiger partial charge in [-0.25, -0.2) is 0 Å². The van der Waals surface area contributed by atoms with Crippen molar-refractivity contribution in [2.75, 3.05) is 0 Å². The highest BCUT2D eigenvalue weighted by atomic mass is 35.5. The number of allylic oxidation sites excluding steroid dienone is 1. The molecular weight excluding hydrogens is 269 g/mol. The van der Waals surface area contributed by atoms with Crippen LogP contribution < -0.4 is 0 Å². The van der Waals surface area contributed by atoms with Crippen molar-refractivity contribution in [1.82, 2.24) is 4.98 Å². The van der Waals surface area contributed by atoms with E-state index in [-0.39, 0.29) is 5.78 Å². The summed E-state index contributed by atoms with van der Waals surface area (Å²) < 4.78 is 0. The number of carbonyl (C=O) groups excluding carboxylic acids is 1. The van der Waals surface area contributed by atoms with Gasteiger partial charge < -0.3 is 0 Å². The van der Waals surface area contributed by atoms with Gasteiger partial charge in [-0.15, -0.1) is 0 Å². The third kappa shape index (κ3) is 2.97. The molecule has 0 aliphatic heterocycles. The van der Waals surface area contributed by atoms with Gasteiger partial charge >= 0.3 is 0 Å². The SMILES string of the molecule is O=C(/C=C/c1cccc(Cl)c1Cl)c1ccccn1. The average Bonchev–Trinajstić information content (AvgIpc) is 2.41. The third-order valence-electron chi connectivity index (χ3n) is 2.31. The van der Waals surface area contributed by atoms with Crippen LogP contribution in [0.25, 0.3) is 6.08 Å². The summed E-state index contributed by atoms with van der Waals surface area (Å²) in [5, 5.41) is 0.897. The van der Waals surface area contributed by atoms with Crippen molar-refractivity contribution < 1.29 is 4.79 Å². The molecule has 0 amide bonds. The Hall–Kier alpha value is -1.64. The second-order valence-electron chi connectivity index (χ2n) is 3.56. The Kier molecular flexibility index (Phi) is 4.13. The summed E-state index contributed by atoms with van der Waals surface area (Å²) >= 11 is 11.9. The van der Waals surface area contributed by atoms with Crippen LogP contribution in [0.1, 0.15) is 16.1 Å². The number of hydrogen-bond acceptors (Lipinski definition) is 2. The van der Waals surface area contributed by atoms with Gasteiger partial charge in [0.25, 0.3) is 0 Å². The quantitative estimate of drug-likeness (QED) is 0.619. The minimum Gasteiger partial charge on any atom is -0.288 e. The minimum absolute atomic E-state index is 0.174. The van der Waals surface area contributed by atoms with Gasteiger partial charge in [0.2, 0.25) is 5.78 Å². The fraction of sp³-hybridized carbons (Fsp3) is 0. The Morgan fingerprint density at radius 3 is 2.67 bits per heavy atom.